The van der Waals surface area contributed by atoms with Crippen LogP contribution in [0.15, 0.2) is 48.5 Å². The van der Waals surface area contributed by atoms with Gasteiger partial charge in [-0.25, -0.2) is 13.5 Å². The number of hydrogen-bond donors (Lipinski definition) is 1. The van der Waals surface area contributed by atoms with Crippen molar-refractivity contribution in [1.82, 2.24) is 9.78 Å². The molecule has 0 saturated heterocycles. The molecular weight excluding hydrogens is 296 g/mol. The largest absolute Gasteiger partial charge is 0.384 e. The normalized spacial score (nSPS) is 10.9. The third-order valence-electron chi connectivity index (χ3n) is 3.81. The highest BCUT2D eigenvalue weighted by molar-refractivity contribution is 5.69. The predicted octanol–water partition coefficient (Wildman–Crippen LogP) is 4.02. The second-order valence-electron chi connectivity index (χ2n) is 5.33. The van der Waals surface area contributed by atoms with Crippen LogP contribution in [-0.2, 0) is 13.0 Å². The zero-order valence-corrected chi connectivity index (χ0v) is 12.8. The van der Waals surface area contributed by atoms with Crippen molar-refractivity contribution in [1.29, 1.82) is 0 Å². The maximum atomic E-state index is 14.1. The van der Waals surface area contributed by atoms with Crippen molar-refractivity contribution in [3.8, 4) is 11.3 Å². The minimum atomic E-state index is -0.509. The minimum Gasteiger partial charge on any atom is -0.384 e. The fraction of sp³-hybridized carbons (Fsp3) is 0.167. The number of anilines is 1. The Morgan fingerprint density at radius 1 is 1.09 bits per heavy atom. The van der Waals surface area contributed by atoms with E-state index in [9.17, 15) is 8.78 Å². The second-order valence-corrected chi connectivity index (χ2v) is 5.33. The smallest absolute Gasteiger partial charge is 0.132 e. The number of rotatable bonds is 4. The summed E-state index contributed by atoms with van der Waals surface area (Å²) in [7, 11) is 0. The standard InChI is InChI=1S/C18H17F2N3/c1-2-14-17(15-10-13(19)8-9-16(15)20)22-23(18(14)21)11-12-6-4-3-5-7-12/h3-10H,2,11,21H2,1H3. The van der Waals surface area contributed by atoms with Crippen LogP contribution in [0.3, 0.4) is 0 Å². The highest BCUT2D eigenvalue weighted by Gasteiger charge is 2.19. The summed E-state index contributed by atoms with van der Waals surface area (Å²) in [6, 6.07) is 13.1. The van der Waals surface area contributed by atoms with E-state index in [4.69, 9.17) is 5.73 Å². The average Bonchev–Trinajstić information content (AvgIpc) is 2.86. The number of halogens is 2. The summed E-state index contributed by atoms with van der Waals surface area (Å²) in [5.41, 5.74) is 8.48. The lowest BCUT2D eigenvalue weighted by Gasteiger charge is -2.04. The second kappa shape index (κ2) is 6.20. The van der Waals surface area contributed by atoms with Crippen LogP contribution >= 0.6 is 0 Å². The molecule has 1 aromatic heterocycles. The van der Waals surface area contributed by atoms with E-state index >= 15 is 0 Å². The summed E-state index contributed by atoms with van der Waals surface area (Å²) in [6.45, 7) is 2.40. The Bertz CT molecular complexity index is 826. The van der Waals surface area contributed by atoms with Gasteiger partial charge in [-0.3, -0.25) is 0 Å². The van der Waals surface area contributed by atoms with Gasteiger partial charge in [0, 0.05) is 11.1 Å². The van der Waals surface area contributed by atoms with Crippen LogP contribution in [-0.4, -0.2) is 9.78 Å². The first-order valence-corrected chi connectivity index (χ1v) is 7.44. The molecule has 3 nitrogen and oxygen atoms in total. The number of benzene rings is 2. The molecule has 2 N–H and O–H groups in total. The molecule has 0 fully saturated rings. The lowest BCUT2D eigenvalue weighted by Crippen LogP contribution is -2.06. The van der Waals surface area contributed by atoms with Crippen LogP contribution in [0.5, 0.6) is 0 Å². The summed E-state index contributed by atoms with van der Waals surface area (Å²) < 4.78 is 29.2. The maximum absolute atomic E-state index is 14.1. The van der Waals surface area contributed by atoms with Crippen LogP contribution in [0.2, 0.25) is 0 Å². The van der Waals surface area contributed by atoms with E-state index in [-0.39, 0.29) is 5.56 Å². The topological polar surface area (TPSA) is 43.8 Å². The van der Waals surface area contributed by atoms with Crippen LogP contribution < -0.4 is 5.73 Å². The van der Waals surface area contributed by atoms with E-state index in [1.807, 2.05) is 37.3 Å². The molecule has 2 aromatic carbocycles. The number of nitrogens with zero attached hydrogens (tertiary/aromatic N) is 2. The van der Waals surface area contributed by atoms with Gasteiger partial charge >= 0.3 is 0 Å². The molecule has 0 atom stereocenters. The first-order valence-electron chi connectivity index (χ1n) is 7.44. The zero-order chi connectivity index (χ0) is 16.4. The molecule has 23 heavy (non-hydrogen) atoms. The molecule has 0 aliphatic rings. The maximum Gasteiger partial charge on any atom is 0.132 e. The Kier molecular flexibility index (Phi) is 4.10. The fourth-order valence-electron chi connectivity index (χ4n) is 2.63. The lowest BCUT2D eigenvalue weighted by atomic mass is 10.1. The fourth-order valence-corrected chi connectivity index (χ4v) is 2.63. The molecule has 1 heterocycles. The quantitative estimate of drug-likeness (QED) is 0.790. The van der Waals surface area contributed by atoms with Crippen molar-refractivity contribution in [2.75, 3.05) is 5.73 Å². The SMILES string of the molecule is CCc1c(-c2cc(F)ccc2F)nn(Cc2ccccc2)c1N. The van der Waals surface area contributed by atoms with Gasteiger partial charge in [-0.05, 0) is 30.2 Å². The van der Waals surface area contributed by atoms with Crippen molar-refractivity contribution in [2.45, 2.75) is 19.9 Å². The highest BCUT2D eigenvalue weighted by atomic mass is 19.1. The molecular formula is C18H17F2N3. The van der Waals surface area contributed by atoms with Crippen molar-refractivity contribution in [3.05, 3.63) is 71.3 Å². The van der Waals surface area contributed by atoms with Crippen LogP contribution in [0.25, 0.3) is 11.3 Å². The molecule has 3 aromatic rings. The van der Waals surface area contributed by atoms with Gasteiger partial charge in [0.15, 0.2) is 0 Å². The van der Waals surface area contributed by atoms with E-state index in [1.165, 1.54) is 0 Å². The Balaban J connectivity index is 2.08. The Labute approximate surface area is 133 Å². The highest BCUT2D eigenvalue weighted by Crippen LogP contribution is 2.30. The van der Waals surface area contributed by atoms with E-state index in [1.54, 1.807) is 4.68 Å². The molecule has 0 bridgehead atoms. The Morgan fingerprint density at radius 3 is 2.52 bits per heavy atom. The van der Waals surface area contributed by atoms with Gasteiger partial charge in [-0.15, -0.1) is 0 Å². The molecule has 0 spiro atoms. The third kappa shape index (κ3) is 2.95. The van der Waals surface area contributed by atoms with Gasteiger partial charge < -0.3 is 5.73 Å². The van der Waals surface area contributed by atoms with Gasteiger partial charge in [-0.1, -0.05) is 37.3 Å². The molecule has 0 unspecified atom stereocenters. The number of hydrogen-bond acceptors (Lipinski definition) is 2. The molecule has 0 aliphatic heterocycles. The Morgan fingerprint density at radius 2 is 1.83 bits per heavy atom. The van der Waals surface area contributed by atoms with Crippen molar-refractivity contribution >= 4 is 5.82 Å². The zero-order valence-electron chi connectivity index (χ0n) is 12.8. The molecule has 0 aliphatic carbocycles. The molecule has 0 radical (unpaired) electrons. The summed E-state index contributed by atoms with van der Waals surface area (Å²) in [4.78, 5) is 0. The monoisotopic (exact) mass is 313 g/mol. The van der Waals surface area contributed by atoms with E-state index in [0.717, 1.165) is 29.3 Å². The van der Waals surface area contributed by atoms with E-state index in [2.05, 4.69) is 5.10 Å². The first-order chi connectivity index (χ1) is 11.1. The van der Waals surface area contributed by atoms with E-state index < -0.39 is 11.6 Å². The molecule has 118 valence electrons. The van der Waals surface area contributed by atoms with Crippen molar-refractivity contribution in [2.24, 2.45) is 0 Å². The number of nitrogens with two attached hydrogens (primary N) is 1. The predicted molar refractivity (Wildman–Crippen MR) is 86.9 cm³/mol. The summed E-state index contributed by atoms with van der Waals surface area (Å²) in [6.07, 6.45) is 0.589. The van der Waals surface area contributed by atoms with Gasteiger partial charge in [0.2, 0.25) is 0 Å². The van der Waals surface area contributed by atoms with Crippen LogP contribution in [0.1, 0.15) is 18.1 Å². The minimum absolute atomic E-state index is 0.139. The molecule has 0 saturated carbocycles. The third-order valence-corrected chi connectivity index (χ3v) is 3.81. The van der Waals surface area contributed by atoms with E-state index in [0.29, 0.717) is 24.5 Å². The van der Waals surface area contributed by atoms with Crippen LogP contribution in [0.4, 0.5) is 14.6 Å². The summed E-state index contributed by atoms with van der Waals surface area (Å²) >= 11 is 0. The number of aromatic nitrogens is 2. The van der Waals surface area contributed by atoms with Crippen molar-refractivity contribution in [3.63, 3.8) is 0 Å². The summed E-state index contributed by atoms with van der Waals surface area (Å²) in [5, 5.41) is 4.43. The molecule has 5 heteroatoms. The summed E-state index contributed by atoms with van der Waals surface area (Å²) in [5.74, 6) is -0.528. The average molecular weight is 313 g/mol. The van der Waals surface area contributed by atoms with Crippen molar-refractivity contribution < 1.29 is 8.78 Å². The van der Waals surface area contributed by atoms with Gasteiger partial charge in [0.25, 0.3) is 0 Å². The van der Waals surface area contributed by atoms with Gasteiger partial charge in [0.1, 0.15) is 23.1 Å². The first kappa shape index (κ1) is 15.2. The van der Waals surface area contributed by atoms with Crippen LogP contribution in [0, 0.1) is 11.6 Å². The van der Waals surface area contributed by atoms with Gasteiger partial charge in [-0.2, -0.15) is 5.10 Å². The number of nitrogen functional groups attached to an aromatic ring is 1. The molecule has 3 rings (SSSR count). The Hall–Kier alpha value is -2.69. The van der Waals surface area contributed by atoms with Gasteiger partial charge in [0.05, 0.1) is 6.54 Å². The lowest BCUT2D eigenvalue weighted by molar-refractivity contribution is 0.601. The molecule has 0 amide bonds.